The van der Waals surface area contributed by atoms with E-state index >= 15 is 0 Å². The number of aromatic carboxylic acids is 1. The number of nitrogens with zero attached hydrogens (tertiary/aromatic N) is 2. The Bertz CT molecular complexity index is 534. The van der Waals surface area contributed by atoms with Crippen molar-refractivity contribution in [1.29, 1.82) is 0 Å². The van der Waals surface area contributed by atoms with E-state index in [1.165, 1.54) is 10.9 Å². The van der Waals surface area contributed by atoms with E-state index in [0.29, 0.717) is 4.60 Å². The molecule has 1 heterocycles. The van der Waals surface area contributed by atoms with Crippen LogP contribution in [-0.2, 0) is 0 Å². The molecule has 0 aliphatic rings. The molecule has 0 unspecified atom stereocenters. The molecule has 0 saturated heterocycles. The van der Waals surface area contributed by atoms with Crippen molar-refractivity contribution in [3.8, 4) is 5.69 Å². The van der Waals surface area contributed by atoms with Crippen LogP contribution in [0.5, 0.6) is 0 Å². The topological polar surface area (TPSA) is 55.1 Å². The molecule has 0 aliphatic heterocycles. The smallest absolute Gasteiger partial charge is 0.340 e. The summed E-state index contributed by atoms with van der Waals surface area (Å²) >= 11 is 6.54. The zero-order valence-corrected chi connectivity index (χ0v) is 11.1. The van der Waals surface area contributed by atoms with E-state index in [0.717, 1.165) is 10.2 Å². The number of carboxylic acid groups (broad SMARTS) is 1. The number of benzene rings is 1. The third-order valence-electron chi connectivity index (χ3n) is 2.01. The predicted octanol–water partition coefficient (Wildman–Crippen LogP) is 3.10. The van der Waals surface area contributed by atoms with Gasteiger partial charge in [0.15, 0.2) is 0 Å². The van der Waals surface area contributed by atoms with E-state index < -0.39 is 5.97 Å². The Hall–Kier alpha value is -1.14. The summed E-state index contributed by atoms with van der Waals surface area (Å²) in [4.78, 5) is 10.8. The normalized spacial score (nSPS) is 10.4. The molecule has 0 spiro atoms. The minimum atomic E-state index is -1.00. The fourth-order valence-corrected chi connectivity index (χ4v) is 2.07. The Morgan fingerprint density at radius 2 is 1.88 bits per heavy atom. The van der Waals surface area contributed by atoms with Gasteiger partial charge in [-0.1, -0.05) is 15.9 Å². The summed E-state index contributed by atoms with van der Waals surface area (Å²) in [5, 5.41) is 12.9. The van der Waals surface area contributed by atoms with Gasteiger partial charge < -0.3 is 5.11 Å². The van der Waals surface area contributed by atoms with Gasteiger partial charge >= 0.3 is 5.97 Å². The number of hydrogen-bond donors (Lipinski definition) is 1. The van der Waals surface area contributed by atoms with Crippen LogP contribution in [0.1, 0.15) is 10.4 Å². The molecule has 0 atom stereocenters. The first-order valence-electron chi connectivity index (χ1n) is 4.32. The molecule has 0 amide bonds. The molecule has 0 bridgehead atoms. The highest BCUT2D eigenvalue weighted by atomic mass is 79.9. The standard InChI is InChI=1S/C10H6Br2N2O2/c11-6-1-3-7(4-2-6)14-9(12)8(5-13-14)10(15)16/h1-5H,(H,15,16). The summed E-state index contributed by atoms with van der Waals surface area (Å²) in [7, 11) is 0. The van der Waals surface area contributed by atoms with Gasteiger partial charge in [-0.25, -0.2) is 9.48 Å². The summed E-state index contributed by atoms with van der Waals surface area (Å²) < 4.78 is 2.91. The van der Waals surface area contributed by atoms with Crippen LogP contribution >= 0.6 is 31.9 Å². The van der Waals surface area contributed by atoms with Crippen LogP contribution in [0.2, 0.25) is 0 Å². The highest BCUT2D eigenvalue weighted by Crippen LogP contribution is 2.21. The Labute approximate surface area is 108 Å². The molecule has 6 heteroatoms. The summed E-state index contributed by atoms with van der Waals surface area (Å²) in [5.74, 6) is -1.00. The lowest BCUT2D eigenvalue weighted by Crippen LogP contribution is -1.99. The SMILES string of the molecule is O=C(O)c1cnn(-c2ccc(Br)cc2)c1Br. The van der Waals surface area contributed by atoms with Crippen LogP contribution in [0, 0.1) is 0 Å². The number of carboxylic acids is 1. The average Bonchev–Trinajstić information content (AvgIpc) is 2.61. The quantitative estimate of drug-likeness (QED) is 0.909. The van der Waals surface area contributed by atoms with E-state index in [4.69, 9.17) is 5.11 Å². The maximum Gasteiger partial charge on any atom is 0.340 e. The van der Waals surface area contributed by atoms with Crippen LogP contribution in [0.15, 0.2) is 39.5 Å². The number of halogens is 2. The highest BCUT2D eigenvalue weighted by molar-refractivity contribution is 9.10. The maximum atomic E-state index is 10.8. The summed E-state index contributed by atoms with van der Waals surface area (Å²) in [6.45, 7) is 0. The third-order valence-corrected chi connectivity index (χ3v) is 3.30. The molecule has 0 radical (unpaired) electrons. The molecule has 2 rings (SSSR count). The first-order valence-corrected chi connectivity index (χ1v) is 5.91. The summed E-state index contributed by atoms with van der Waals surface area (Å²) in [5.41, 5.74) is 0.936. The summed E-state index contributed by atoms with van der Waals surface area (Å²) in [6, 6.07) is 7.41. The molecule has 0 saturated carbocycles. The van der Waals surface area contributed by atoms with Crippen LogP contribution in [0.4, 0.5) is 0 Å². The van der Waals surface area contributed by atoms with Crippen molar-refractivity contribution in [2.45, 2.75) is 0 Å². The van der Waals surface area contributed by atoms with Crippen LogP contribution in [0.3, 0.4) is 0 Å². The van der Waals surface area contributed by atoms with Gasteiger partial charge in [-0.15, -0.1) is 0 Å². The lowest BCUT2D eigenvalue weighted by atomic mass is 10.3. The monoisotopic (exact) mass is 344 g/mol. The van der Waals surface area contributed by atoms with E-state index in [-0.39, 0.29) is 5.56 Å². The largest absolute Gasteiger partial charge is 0.478 e. The van der Waals surface area contributed by atoms with Crippen LogP contribution in [0.25, 0.3) is 5.69 Å². The number of carbonyl (C=O) groups is 1. The molecule has 16 heavy (non-hydrogen) atoms. The van der Waals surface area contributed by atoms with Gasteiger partial charge in [0.05, 0.1) is 11.9 Å². The molecular weight excluding hydrogens is 340 g/mol. The van der Waals surface area contributed by atoms with Gasteiger partial charge in [0, 0.05) is 4.47 Å². The van der Waals surface area contributed by atoms with Gasteiger partial charge in [0.1, 0.15) is 10.2 Å². The molecule has 1 N–H and O–H groups in total. The Balaban J connectivity index is 2.49. The Morgan fingerprint density at radius 1 is 1.25 bits per heavy atom. The van der Waals surface area contributed by atoms with E-state index in [1.54, 1.807) is 0 Å². The fraction of sp³-hybridized carbons (Fsp3) is 0. The minimum absolute atomic E-state index is 0.142. The number of aromatic nitrogens is 2. The van der Waals surface area contributed by atoms with E-state index in [1.807, 2.05) is 24.3 Å². The minimum Gasteiger partial charge on any atom is -0.478 e. The maximum absolute atomic E-state index is 10.8. The molecule has 0 aliphatic carbocycles. The van der Waals surface area contributed by atoms with Gasteiger partial charge in [-0.05, 0) is 40.2 Å². The van der Waals surface area contributed by atoms with Crippen molar-refractivity contribution in [2.75, 3.05) is 0 Å². The zero-order valence-electron chi connectivity index (χ0n) is 7.89. The summed E-state index contributed by atoms with van der Waals surface area (Å²) in [6.07, 6.45) is 1.31. The third kappa shape index (κ3) is 2.03. The first-order chi connectivity index (χ1) is 7.59. The van der Waals surface area contributed by atoms with E-state index in [2.05, 4.69) is 37.0 Å². The molecule has 82 valence electrons. The fourth-order valence-electron chi connectivity index (χ4n) is 1.24. The van der Waals surface area contributed by atoms with E-state index in [9.17, 15) is 4.79 Å². The van der Waals surface area contributed by atoms with Gasteiger partial charge in [0.25, 0.3) is 0 Å². The van der Waals surface area contributed by atoms with Crippen LogP contribution < -0.4 is 0 Å². The zero-order chi connectivity index (χ0) is 11.7. The first kappa shape index (κ1) is 11.3. The lowest BCUT2D eigenvalue weighted by molar-refractivity contribution is 0.0696. The second-order valence-electron chi connectivity index (χ2n) is 3.04. The van der Waals surface area contributed by atoms with Gasteiger partial charge in [-0.3, -0.25) is 0 Å². The van der Waals surface area contributed by atoms with Crippen LogP contribution in [-0.4, -0.2) is 20.9 Å². The van der Waals surface area contributed by atoms with Gasteiger partial charge in [0.2, 0.25) is 0 Å². The molecule has 2 aromatic rings. The highest BCUT2D eigenvalue weighted by Gasteiger charge is 2.14. The second-order valence-corrected chi connectivity index (χ2v) is 4.71. The van der Waals surface area contributed by atoms with Crippen molar-refractivity contribution in [3.05, 3.63) is 45.1 Å². The molecule has 0 fully saturated rings. The number of hydrogen-bond acceptors (Lipinski definition) is 2. The van der Waals surface area contributed by atoms with Gasteiger partial charge in [-0.2, -0.15) is 5.10 Å². The lowest BCUT2D eigenvalue weighted by Gasteiger charge is -2.03. The van der Waals surface area contributed by atoms with Crippen molar-refractivity contribution < 1.29 is 9.90 Å². The molecule has 1 aromatic carbocycles. The van der Waals surface area contributed by atoms with Crippen molar-refractivity contribution >= 4 is 37.8 Å². The molecule has 1 aromatic heterocycles. The Kier molecular flexibility index (Phi) is 3.11. The Morgan fingerprint density at radius 3 is 2.38 bits per heavy atom. The molecule has 4 nitrogen and oxygen atoms in total. The van der Waals surface area contributed by atoms with Crippen molar-refractivity contribution in [1.82, 2.24) is 9.78 Å². The number of rotatable bonds is 2. The molecular formula is C10H6Br2N2O2. The average molecular weight is 346 g/mol. The second kappa shape index (κ2) is 4.39. The predicted molar refractivity (Wildman–Crippen MR) is 65.9 cm³/mol. The van der Waals surface area contributed by atoms with Crippen molar-refractivity contribution in [2.24, 2.45) is 0 Å². The van der Waals surface area contributed by atoms with Crippen molar-refractivity contribution in [3.63, 3.8) is 0 Å².